The third kappa shape index (κ3) is 5.73. The predicted octanol–water partition coefficient (Wildman–Crippen LogP) is 4.36. The summed E-state index contributed by atoms with van der Waals surface area (Å²) in [6.07, 6.45) is 1.88. The van der Waals surface area contributed by atoms with Crippen molar-refractivity contribution in [2.45, 2.75) is 25.4 Å². The number of benzene rings is 3. The van der Waals surface area contributed by atoms with E-state index >= 15 is 0 Å². The Labute approximate surface area is 183 Å². The molecule has 6 heteroatoms. The maximum Gasteiger partial charge on any atom is 0.306 e. The third-order valence-corrected chi connectivity index (χ3v) is 5.90. The number of carbonyl (C=O) groups is 1. The normalized spacial score (nSPS) is 17.7. The van der Waals surface area contributed by atoms with E-state index in [2.05, 4.69) is 12.1 Å². The van der Waals surface area contributed by atoms with Gasteiger partial charge < -0.3 is 9.08 Å². The Morgan fingerprint density at radius 3 is 2.00 bits per heavy atom. The van der Waals surface area contributed by atoms with Gasteiger partial charge in [0, 0.05) is 19.0 Å². The molecule has 1 saturated carbocycles. The molecule has 4 rings (SSSR count). The lowest BCUT2D eigenvalue weighted by Gasteiger charge is -2.23. The molecule has 0 N–H and O–H groups in total. The molecule has 0 radical (unpaired) electrons. The molecule has 3 aromatic carbocycles. The molecule has 1 amide bonds. The molecule has 1 aliphatic rings. The van der Waals surface area contributed by atoms with Gasteiger partial charge in [-0.2, -0.15) is 8.42 Å². The van der Waals surface area contributed by atoms with E-state index in [1.165, 1.54) is 5.56 Å². The second kappa shape index (κ2) is 8.94. The Kier molecular flexibility index (Phi) is 6.09. The quantitative estimate of drug-likeness (QED) is 0.493. The highest BCUT2D eigenvalue weighted by Crippen LogP contribution is 2.48. The first-order chi connectivity index (χ1) is 14.9. The van der Waals surface area contributed by atoms with Crippen LogP contribution >= 0.6 is 0 Å². The van der Waals surface area contributed by atoms with Gasteiger partial charge in [-0.25, -0.2) is 0 Å². The maximum atomic E-state index is 13.4. The van der Waals surface area contributed by atoms with Crippen LogP contribution in [-0.2, 0) is 28.0 Å². The lowest BCUT2D eigenvalue weighted by Crippen LogP contribution is -2.31. The monoisotopic (exact) mass is 435 g/mol. The maximum absolute atomic E-state index is 13.4. The molecular formula is C25H25NO4S. The zero-order chi connectivity index (χ0) is 21.8. The zero-order valence-corrected chi connectivity index (χ0v) is 18.2. The highest BCUT2D eigenvalue weighted by molar-refractivity contribution is 7.86. The summed E-state index contributed by atoms with van der Waals surface area (Å²) in [7, 11) is -3.57. The van der Waals surface area contributed by atoms with Gasteiger partial charge in [0.15, 0.2) is 0 Å². The summed E-state index contributed by atoms with van der Waals surface area (Å²) in [6.45, 7) is 0.976. The molecule has 31 heavy (non-hydrogen) atoms. The van der Waals surface area contributed by atoms with Crippen LogP contribution in [0, 0.1) is 5.92 Å². The minimum atomic E-state index is -3.57. The van der Waals surface area contributed by atoms with E-state index in [0.29, 0.717) is 13.1 Å². The second-order valence-electron chi connectivity index (χ2n) is 7.97. The van der Waals surface area contributed by atoms with E-state index in [1.54, 1.807) is 24.3 Å². The molecule has 2 atom stereocenters. The van der Waals surface area contributed by atoms with Crippen LogP contribution in [0.5, 0.6) is 5.75 Å². The molecule has 0 spiro atoms. The SMILES string of the molecule is CS(=O)(=O)Oc1ccc(CN(Cc2ccccc2)C(=O)C2CC2c2ccccc2)cc1. The number of nitrogens with zero attached hydrogens (tertiary/aromatic N) is 1. The molecule has 0 heterocycles. The van der Waals surface area contributed by atoms with Crippen molar-refractivity contribution < 1.29 is 17.4 Å². The summed E-state index contributed by atoms with van der Waals surface area (Å²) in [5.74, 6) is 0.684. The summed E-state index contributed by atoms with van der Waals surface area (Å²) in [6, 6.07) is 26.9. The van der Waals surface area contributed by atoms with Crippen molar-refractivity contribution in [1.29, 1.82) is 0 Å². The molecule has 3 aromatic rings. The van der Waals surface area contributed by atoms with E-state index < -0.39 is 10.1 Å². The van der Waals surface area contributed by atoms with Gasteiger partial charge in [0.05, 0.1) is 6.26 Å². The van der Waals surface area contributed by atoms with Gasteiger partial charge in [0.2, 0.25) is 5.91 Å². The molecule has 1 aliphatic carbocycles. The summed E-state index contributed by atoms with van der Waals surface area (Å²) in [4.78, 5) is 15.3. The summed E-state index contributed by atoms with van der Waals surface area (Å²) >= 11 is 0. The Hall–Kier alpha value is -3.12. The Bertz CT molecular complexity index is 1130. The number of hydrogen-bond acceptors (Lipinski definition) is 4. The first kappa shape index (κ1) is 21.1. The van der Waals surface area contributed by atoms with E-state index in [-0.39, 0.29) is 23.5 Å². The number of rotatable bonds is 8. The van der Waals surface area contributed by atoms with Gasteiger partial charge in [0.1, 0.15) is 5.75 Å². The van der Waals surface area contributed by atoms with Crippen LogP contribution in [0.4, 0.5) is 0 Å². The van der Waals surface area contributed by atoms with Gasteiger partial charge in [-0.1, -0.05) is 72.8 Å². The van der Waals surface area contributed by atoms with Crippen molar-refractivity contribution in [3.63, 3.8) is 0 Å². The van der Waals surface area contributed by atoms with Crippen LogP contribution in [0.15, 0.2) is 84.9 Å². The molecule has 0 aromatic heterocycles. The molecule has 2 unspecified atom stereocenters. The number of amides is 1. The fraction of sp³-hybridized carbons (Fsp3) is 0.240. The van der Waals surface area contributed by atoms with Crippen molar-refractivity contribution in [1.82, 2.24) is 4.90 Å². The number of hydrogen-bond donors (Lipinski definition) is 0. The lowest BCUT2D eigenvalue weighted by atomic mass is 10.1. The van der Waals surface area contributed by atoms with Crippen molar-refractivity contribution in [2.75, 3.05) is 6.26 Å². The topological polar surface area (TPSA) is 63.7 Å². The molecule has 0 saturated heterocycles. The Balaban J connectivity index is 1.50. The minimum Gasteiger partial charge on any atom is -0.383 e. The van der Waals surface area contributed by atoms with Crippen LogP contribution in [0.25, 0.3) is 0 Å². The van der Waals surface area contributed by atoms with Crippen LogP contribution < -0.4 is 4.18 Å². The molecule has 1 fully saturated rings. The second-order valence-corrected chi connectivity index (χ2v) is 9.55. The van der Waals surface area contributed by atoms with Gasteiger partial charge in [-0.05, 0) is 41.2 Å². The van der Waals surface area contributed by atoms with Gasteiger partial charge >= 0.3 is 10.1 Å². The average Bonchev–Trinajstić information content (AvgIpc) is 3.55. The first-order valence-corrected chi connectivity index (χ1v) is 12.1. The highest BCUT2D eigenvalue weighted by atomic mass is 32.2. The van der Waals surface area contributed by atoms with Crippen LogP contribution in [0.3, 0.4) is 0 Å². The predicted molar refractivity (Wildman–Crippen MR) is 120 cm³/mol. The van der Waals surface area contributed by atoms with Crippen LogP contribution in [0.1, 0.15) is 29.0 Å². The smallest absolute Gasteiger partial charge is 0.306 e. The lowest BCUT2D eigenvalue weighted by molar-refractivity contribution is -0.134. The summed E-state index contributed by atoms with van der Waals surface area (Å²) in [5.41, 5.74) is 3.20. The third-order valence-electron chi connectivity index (χ3n) is 5.41. The zero-order valence-electron chi connectivity index (χ0n) is 17.3. The fourth-order valence-corrected chi connectivity index (χ4v) is 4.29. The average molecular weight is 436 g/mol. The molecule has 160 valence electrons. The summed E-state index contributed by atoms with van der Waals surface area (Å²) < 4.78 is 27.5. The van der Waals surface area contributed by atoms with Crippen molar-refractivity contribution in [3.8, 4) is 5.75 Å². The fourth-order valence-electron chi connectivity index (χ4n) is 3.83. The van der Waals surface area contributed by atoms with E-state index in [1.807, 2.05) is 53.4 Å². The first-order valence-electron chi connectivity index (χ1n) is 10.2. The van der Waals surface area contributed by atoms with Crippen LogP contribution in [-0.4, -0.2) is 25.5 Å². The molecule has 0 bridgehead atoms. The minimum absolute atomic E-state index is 0.000969. The van der Waals surface area contributed by atoms with E-state index in [4.69, 9.17) is 4.18 Å². The summed E-state index contributed by atoms with van der Waals surface area (Å²) in [5, 5.41) is 0. The van der Waals surface area contributed by atoms with Gasteiger partial charge in [0.25, 0.3) is 0 Å². The van der Waals surface area contributed by atoms with Crippen molar-refractivity contribution >= 4 is 16.0 Å². The Morgan fingerprint density at radius 2 is 1.42 bits per heavy atom. The number of carbonyl (C=O) groups excluding carboxylic acids is 1. The molecule has 0 aliphatic heterocycles. The van der Waals surface area contributed by atoms with Crippen LogP contribution in [0.2, 0.25) is 0 Å². The van der Waals surface area contributed by atoms with E-state index in [9.17, 15) is 13.2 Å². The van der Waals surface area contributed by atoms with Gasteiger partial charge in [-0.15, -0.1) is 0 Å². The highest BCUT2D eigenvalue weighted by Gasteiger charge is 2.45. The largest absolute Gasteiger partial charge is 0.383 e. The van der Waals surface area contributed by atoms with Crippen molar-refractivity contribution in [2.24, 2.45) is 5.92 Å². The van der Waals surface area contributed by atoms with Gasteiger partial charge in [-0.3, -0.25) is 4.79 Å². The van der Waals surface area contributed by atoms with E-state index in [0.717, 1.165) is 23.8 Å². The Morgan fingerprint density at radius 1 is 0.871 bits per heavy atom. The molecule has 5 nitrogen and oxygen atoms in total. The standard InChI is InChI=1S/C25H25NO4S/c1-31(28,29)30-22-14-12-20(13-15-22)18-26(17-19-8-4-2-5-9-19)25(27)24-16-23(24)21-10-6-3-7-11-21/h2-15,23-24H,16-18H2,1H3. The van der Waals surface area contributed by atoms with Crippen molar-refractivity contribution in [3.05, 3.63) is 102 Å². The molecular weight excluding hydrogens is 410 g/mol.